The van der Waals surface area contributed by atoms with Crippen LogP contribution in [0.4, 0.5) is 5.69 Å². The number of fused-ring (bicyclic) bond motifs is 2. The fourth-order valence-corrected chi connectivity index (χ4v) is 4.13. The Morgan fingerprint density at radius 1 is 1.00 bits per heavy atom. The average molecular weight is 397 g/mol. The standard InChI is InChI=1S/C20H16NO6P/c22-15-7-8-18-16(10-15)17(11-27-18)19(28(24,25)26)20(23)21-14-6-5-12-3-1-2-4-13(12)9-14/h1-11,19,22H,(H,21,23)(H2,24,25,26). The van der Waals surface area contributed by atoms with Gasteiger partial charge in [-0.25, -0.2) is 0 Å². The predicted molar refractivity (Wildman–Crippen MR) is 105 cm³/mol. The third-order valence-corrected chi connectivity index (χ3v) is 5.67. The van der Waals surface area contributed by atoms with Crippen LogP contribution in [0.2, 0.25) is 0 Å². The summed E-state index contributed by atoms with van der Waals surface area (Å²) < 4.78 is 17.4. The molecule has 28 heavy (non-hydrogen) atoms. The Labute approximate surface area is 159 Å². The molecule has 1 heterocycles. The quantitative estimate of drug-likeness (QED) is 0.384. The number of phenolic OH excluding ortho intramolecular Hbond substituents is 1. The Balaban J connectivity index is 1.73. The van der Waals surface area contributed by atoms with E-state index in [1.807, 2.05) is 30.3 Å². The maximum absolute atomic E-state index is 12.8. The van der Waals surface area contributed by atoms with Gasteiger partial charge in [-0.05, 0) is 41.1 Å². The lowest BCUT2D eigenvalue weighted by molar-refractivity contribution is -0.116. The molecule has 0 radical (unpaired) electrons. The summed E-state index contributed by atoms with van der Waals surface area (Å²) >= 11 is 0. The minimum atomic E-state index is -4.88. The van der Waals surface area contributed by atoms with Crippen LogP contribution >= 0.6 is 7.60 Å². The molecular formula is C20H16NO6P. The van der Waals surface area contributed by atoms with Crippen LogP contribution in [0.25, 0.3) is 21.7 Å². The van der Waals surface area contributed by atoms with E-state index in [9.17, 15) is 24.3 Å². The van der Waals surface area contributed by atoms with E-state index in [1.54, 1.807) is 12.1 Å². The summed E-state index contributed by atoms with van der Waals surface area (Å²) in [6.07, 6.45) is 1.13. The topological polar surface area (TPSA) is 120 Å². The predicted octanol–water partition coefficient (Wildman–Crippen LogP) is 4.15. The third kappa shape index (κ3) is 3.39. The molecule has 1 unspecified atom stereocenters. The highest BCUT2D eigenvalue weighted by Crippen LogP contribution is 2.54. The summed E-state index contributed by atoms with van der Waals surface area (Å²) in [4.78, 5) is 32.5. The lowest BCUT2D eigenvalue weighted by Gasteiger charge is -2.17. The Kier molecular flexibility index (Phi) is 4.43. The summed E-state index contributed by atoms with van der Waals surface area (Å²) in [6, 6.07) is 16.9. The highest BCUT2D eigenvalue weighted by atomic mass is 31.2. The van der Waals surface area contributed by atoms with Crippen LogP contribution in [0.5, 0.6) is 5.75 Å². The summed E-state index contributed by atoms with van der Waals surface area (Å²) in [5.74, 6) is -0.968. The number of anilines is 1. The van der Waals surface area contributed by atoms with E-state index in [1.165, 1.54) is 18.2 Å². The first kappa shape index (κ1) is 18.3. The van der Waals surface area contributed by atoms with E-state index in [0.717, 1.165) is 17.0 Å². The van der Waals surface area contributed by atoms with Crippen molar-refractivity contribution in [2.24, 2.45) is 0 Å². The number of rotatable bonds is 4. The van der Waals surface area contributed by atoms with Gasteiger partial charge in [0.25, 0.3) is 0 Å². The minimum absolute atomic E-state index is 0.0116. The normalized spacial score (nSPS) is 12.9. The van der Waals surface area contributed by atoms with E-state index < -0.39 is 19.2 Å². The molecule has 4 rings (SSSR count). The van der Waals surface area contributed by atoms with Crippen molar-refractivity contribution in [1.29, 1.82) is 0 Å². The number of furan rings is 1. The van der Waals surface area contributed by atoms with E-state index in [4.69, 9.17) is 4.42 Å². The molecule has 0 fully saturated rings. The lowest BCUT2D eigenvalue weighted by Crippen LogP contribution is -2.21. The van der Waals surface area contributed by atoms with Gasteiger partial charge >= 0.3 is 7.60 Å². The Bertz CT molecular complexity index is 1240. The summed E-state index contributed by atoms with van der Waals surface area (Å²) in [7, 11) is -4.88. The molecule has 142 valence electrons. The van der Waals surface area contributed by atoms with Gasteiger partial charge in [-0.2, -0.15) is 0 Å². The second-order valence-electron chi connectivity index (χ2n) is 6.41. The van der Waals surface area contributed by atoms with Crippen LogP contribution in [-0.4, -0.2) is 20.8 Å². The van der Waals surface area contributed by atoms with Gasteiger partial charge < -0.3 is 24.6 Å². The molecule has 3 aromatic carbocycles. The summed E-state index contributed by atoms with van der Waals surface area (Å²) in [5, 5.41) is 14.4. The molecule has 1 atom stereocenters. The molecule has 0 aliphatic rings. The van der Waals surface area contributed by atoms with Crippen molar-refractivity contribution in [3.05, 3.63) is 72.5 Å². The van der Waals surface area contributed by atoms with Gasteiger partial charge in [0, 0.05) is 16.6 Å². The molecule has 0 spiro atoms. The van der Waals surface area contributed by atoms with Gasteiger partial charge in [0.1, 0.15) is 11.3 Å². The smallest absolute Gasteiger partial charge is 0.342 e. The van der Waals surface area contributed by atoms with E-state index in [2.05, 4.69) is 5.32 Å². The van der Waals surface area contributed by atoms with E-state index in [0.29, 0.717) is 11.3 Å². The number of carbonyl (C=O) groups excluding carboxylic acids is 1. The zero-order chi connectivity index (χ0) is 19.9. The molecule has 0 aliphatic heterocycles. The average Bonchev–Trinajstić information content (AvgIpc) is 3.03. The zero-order valence-electron chi connectivity index (χ0n) is 14.4. The van der Waals surface area contributed by atoms with Crippen molar-refractivity contribution in [2.75, 3.05) is 5.32 Å². The van der Waals surface area contributed by atoms with Crippen molar-refractivity contribution in [3.63, 3.8) is 0 Å². The molecule has 0 saturated carbocycles. The number of carbonyl (C=O) groups is 1. The van der Waals surface area contributed by atoms with Gasteiger partial charge in [-0.15, -0.1) is 0 Å². The monoisotopic (exact) mass is 397 g/mol. The first-order valence-electron chi connectivity index (χ1n) is 8.38. The van der Waals surface area contributed by atoms with Crippen molar-refractivity contribution in [1.82, 2.24) is 0 Å². The van der Waals surface area contributed by atoms with Crippen molar-refractivity contribution in [3.8, 4) is 5.75 Å². The molecule has 0 bridgehead atoms. The van der Waals surface area contributed by atoms with Crippen LogP contribution in [0.15, 0.2) is 71.3 Å². The second kappa shape index (κ2) is 6.80. The lowest BCUT2D eigenvalue weighted by atomic mass is 10.1. The fraction of sp³-hybridized carbons (Fsp3) is 0.0500. The van der Waals surface area contributed by atoms with Gasteiger partial charge in [0.05, 0.1) is 6.26 Å². The van der Waals surface area contributed by atoms with Crippen LogP contribution in [0.3, 0.4) is 0 Å². The number of hydrogen-bond donors (Lipinski definition) is 4. The molecule has 7 nitrogen and oxygen atoms in total. The molecule has 0 aliphatic carbocycles. The van der Waals surface area contributed by atoms with Gasteiger partial charge in [-0.1, -0.05) is 30.3 Å². The number of hydrogen-bond acceptors (Lipinski definition) is 4. The van der Waals surface area contributed by atoms with Crippen molar-refractivity contribution >= 4 is 40.9 Å². The molecule has 4 N–H and O–H groups in total. The Hall–Kier alpha value is -3.12. The van der Waals surface area contributed by atoms with Crippen LogP contribution < -0.4 is 5.32 Å². The molecule has 1 aromatic heterocycles. The first-order chi connectivity index (χ1) is 13.3. The maximum atomic E-state index is 12.8. The van der Waals surface area contributed by atoms with Crippen LogP contribution in [-0.2, 0) is 9.36 Å². The highest BCUT2D eigenvalue weighted by Gasteiger charge is 2.39. The van der Waals surface area contributed by atoms with Crippen LogP contribution in [0.1, 0.15) is 11.2 Å². The molecule has 8 heteroatoms. The van der Waals surface area contributed by atoms with Gasteiger partial charge in [0.15, 0.2) is 5.66 Å². The zero-order valence-corrected chi connectivity index (χ0v) is 15.3. The van der Waals surface area contributed by atoms with Gasteiger partial charge in [-0.3, -0.25) is 9.36 Å². The largest absolute Gasteiger partial charge is 0.508 e. The maximum Gasteiger partial charge on any atom is 0.342 e. The van der Waals surface area contributed by atoms with Crippen molar-refractivity contribution in [2.45, 2.75) is 5.66 Å². The number of phenols is 1. The molecule has 4 aromatic rings. The van der Waals surface area contributed by atoms with E-state index >= 15 is 0 Å². The highest BCUT2D eigenvalue weighted by molar-refractivity contribution is 7.53. The van der Waals surface area contributed by atoms with Crippen molar-refractivity contribution < 1.29 is 28.7 Å². The molecule has 0 saturated heterocycles. The second-order valence-corrected chi connectivity index (χ2v) is 8.11. The van der Waals surface area contributed by atoms with Crippen LogP contribution in [0, 0.1) is 0 Å². The Morgan fingerprint density at radius 2 is 1.75 bits per heavy atom. The first-order valence-corrected chi connectivity index (χ1v) is 10.1. The minimum Gasteiger partial charge on any atom is -0.508 e. The van der Waals surface area contributed by atoms with Gasteiger partial charge in [0.2, 0.25) is 5.91 Å². The summed E-state index contributed by atoms with van der Waals surface area (Å²) in [5.41, 5.74) is -1.04. The fourth-order valence-electron chi connectivity index (χ4n) is 3.20. The number of nitrogens with one attached hydrogen (secondary N) is 1. The number of amides is 1. The third-order valence-electron chi connectivity index (χ3n) is 4.48. The SMILES string of the molecule is O=C(Nc1ccc2ccccc2c1)C(c1coc2ccc(O)cc12)P(=O)(O)O. The number of aromatic hydroxyl groups is 1. The molecule has 1 amide bonds. The summed E-state index contributed by atoms with van der Waals surface area (Å²) in [6.45, 7) is 0. The molecular weight excluding hydrogens is 381 g/mol. The van der Waals surface area contributed by atoms with E-state index in [-0.39, 0.29) is 16.7 Å². The Morgan fingerprint density at radius 3 is 2.50 bits per heavy atom. The number of benzene rings is 3.